The second-order valence-electron chi connectivity index (χ2n) is 3.53. The summed E-state index contributed by atoms with van der Waals surface area (Å²) < 4.78 is 10.5. The van der Waals surface area contributed by atoms with E-state index in [9.17, 15) is 4.79 Å². The van der Waals surface area contributed by atoms with Gasteiger partial charge in [0.1, 0.15) is 18.5 Å². The molecule has 0 spiro atoms. The third-order valence-corrected chi connectivity index (χ3v) is 1.99. The molecule has 1 atom stereocenters. The van der Waals surface area contributed by atoms with Gasteiger partial charge in [-0.25, -0.2) is 0 Å². The fourth-order valence-corrected chi connectivity index (χ4v) is 1.13. The van der Waals surface area contributed by atoms with Crippen LogP contribution in [0.2, 0.25) is 0 Å². The van der Waals surface area contributed by atoms with Gasteiger partial charge in [0.25, 0.3) is 0 Å². The van der Waals surface area contributed by atoms with Crippen LogP contribution in [-0.2, 0) is 9.53 Å². The van der Waals surface area contributed by atoms with Gasteiger partial charge in [-0.05, 0) is 31.2 Å². The first kappa shape index (κ1) is 12.4. The number of carbonyl (C=O) groups excluding carboxylic acids is 1. The van der Waals surface area contributed by atoms with Crippen molar-refractivity contribution in [3.8, 4) is 5.75 Å². The molecule has 2 N–H and O–H groups in total. The van der Waals surface area contributed by atoms with Gasteiger partial charge in [0, 0.05) is 12.1 Å². The van der Waals surface area contributed by atoms with Crippen molar-refractivity contribution in [3.63, 3.8) is 0 Å². The Balaban J connectivity index is 2.36. The molecule has 0 aliphatic heterocycles. The number of benzene rings is 1. The lowest BCUT2D eigenvalue weighted by Crippen LogP contribution is -2.21. The molecule has 4 heteroatoms. The van der Waals surface area contributed by atoms with Crippen LogP contribution in [0.25, 0.3) is 0 Å². The molecule has 0 amide bonds. The lowest BCUT2D eigenvalue weighted by Gasteiger charge is -2.14. The second kappa shape index (κ2) is 6.00. The third kappa shape index (κ3) is 4.21. The molecular weight excluding hydrogens is 206 g/mol. The molecule has 0 fully saturated rings. The number of carbonyl (C=O) groups is 1. The molecule has 16 heavy (non-hydrogen) atoms. The van der Waals surface area contributed by atoms with Crippen molar-refractivity contribution in [2.24, 2.45) is 0 Å². The molecule has 1 unspecified atom stereocenters. The van der Waals surface area contributed by atoms with Crippen LogP contribution < -0.4 is 10.5 Å². The number of nitrogen functional groups attached to an aromatic ring is 1. The highest BCUT2D eigenvalue weighted by Gasteiger charge is 2.07. The van der Waals surface area contributed by atoms with E-state index in [0.29, 0.717) is 17.9 Å². The van der Waals surface area contributed by atoms with Gasteiger partial charge in [-0.15, -0.1) is 0 Å². The SMILES string of the molecule is CCC(=O)OCC(C)Oc1ccc(N)cc1. The third-order valence-electron chi connectivity index (χ3n) is 1.99. The number of hydrogen-bond donors (Lipinski definition) is 1. The zero-order chi connectivity index (χ0) is 12.0. The van der Waals surface area contributed by atoms with Crippen LogP contribution in [0, 0.1) is 0 Å². The summed E-state index contributed by atoms with van der Waals surface area (Å²) in [5.74, 6) is 0.502. The van der Waals surface area contributed by atoms with Crippen LogP contribution in [0.15, 0.2) is 24.3 Å². The van der Waals surface area contributed by atoms with E-state index in [4.69, 9.17) is 15.2 Å². The molecule has 1 rings (SSSR count). The average molecular weight is 223 g/mol. The van der Waals surface area contributed by atoms with Crippen LogP contribution in [-0.4, -0.2) is 18.7 Å². The molecule has 88 valence electrons. The molecule has 0 aliphatic rings. The zero-order valence-electron chi connectivity index (χ0n) is 9.60. The van der Waals surface area contributed by atoms with E-state index < -0.39 is 0 Å². The smallest absolute Gasteiger partial charge is 0.305 e. The Morgan fingerprint density at radius 1 is 1.38 bits per heavy atom. The van der Waals surface area contributed by atoms with Gasteiger partial charge in [0.2, 0.25) is 0 Å². The lowest BCUT2D eigenvalue weighted by atomic mass is 10.3. The Hall–Kier alpha value is -1.71. The number of esters is 1. The molecule has 4 nitrogen and oxygen atoms in total. The summed E-state index contributed by atoms with van der Waals surface area (Å²) in [7, 11) is 0. The molecule has 0 saturated heterocycles. The first-order valence-electron chi connectivity index (χ1n) is 5.29. The topological polar surface area (TPSA) is 61.5 Å². The zero-order valence-corrected chi connectivity index (χ0v) is 9.60. The van der Waals surface area contributed by atoms with E-state index >= 15 is 0 Å². The molecular formula is C12H17NO3. The minimum absolute atomic E-state index is 0.167. The monoisotopic (exact) mass is 223 g/mol. The van der Waals surface area contributed by atoms with Gasteiger partial charge in [0.15, 0.2) is 0 Å². The van der Waals surface area contributed by atoms with Gasteiger partial charge in [-0.2, -0.15) is 0 Å². The fraction of sp³-hybridized carbons (Fsp3) is 0.417. The highest BCUT2D eigenvalue weighted by molar-refractivity contribution is 5.68. The summed E-state index contributed by atoms with van der Waals surface area (Å²) in [6, 6.07) is 7.10. The van der Waals surface area contributed by atoms with E-state index in [2.05, 4.69) is 0 Å². The fourth-order valence-electron chi connectivity index (χ4n) is 1.13. The highest BCUT2D eigenvalue weighted by atomic mass is 16.6. The van der Waals surface area contributed by atoms with E-state index in [1.807, 2.05) is 6.92 Å². The number of rotatable bonds is 5. The number of nitrogens with two attached hydrogens (primary N) is 1. The maximum Gasteiger partial charge on any atom is 0.305 e. The standard InChI is InChI=1S/C12H17NO3/c1-3-12(14)15-8-9(2)16-11-6-4-10(13)5-7-11/h4-7,9H,3,8,13H2,1-2H3. The summed E-state index contributed by atoms with van der Waals surface area (Å²) in [5.41, 5.74) is 6.24. The molecule has 1 aromatic carbocycles. The Labute approximate surface area is 95.3 Å². The van der Waals surface area contributed by atoms with Crippen LogP contribution in [0.5, 0.6) is 5.75 Å². The largest absolute Gasteiger partial charge is 0.487 e. The van der Waals surface area contributed by atoms with Crippen LogP contribution in [0.1, 0.15) is 20.3 Å². The van der Waals surface area contributed by atoms with Crippen molar-refractivity contribution in [2.45, 2.75) is 26.4 Å². The van der Waals surface area contributed by atoms with E-state index in [1.54, 1.807) is 31.2 Å². The van der Waals surface area contributed by atoms with Gasteiger partial charge in [-0.1, -0.05) is 6.92 Å². The van der Waals surface area contributed by atoms with Crippen LogP contribution >= 0.6 is 0 Å². The molecule has 0 aliphatic carbocycles. The highest BCUT2D eigenvalue weighted by Crippen LogP contribution is 2.14. The minimum Gasteiger partial charge on any atom is -0.487 e. The number of hydrogen-bond acceptors (Lipinski definition) is 4. The summed E-state index contributed by atoms with van der Waals surface area (Å²) in [5, 5.41) is 0. The van der Waals surface area contributed by atoms with E-state index in [0.717, 1.165) is 0 Å². The number of anilines is 1. The maximum absolute atomic E-state index is 10.9. The predicted octanol–water partition coefficient (Wildman–Crippen LogP) is 1.99. The van der Waals surface area contributed by atoms with Gasteiger partial charge >= 0.3 is 5.97 Å². The average Bonchev–Trinajstić information content (AvgIpc) is 2.29. The first-order valence-corrected chi connectivity index (χ1v) is 5.29. The van der Waals surface area contributed by atoms with Crippen LogP contribution in [0.4, 0.5) is 5.69 Å². The van der Waals surface area contributed by atoms with E-state index in [1.165, 1.54) is 0 Å². The maximum atomic E-state index is 10.9. The Bertz CT molecular complexity index is 335. The Morgan fingerprint density at radius 3 is 2.56 bits per heavy atom. The van der Waals surface area contributed by atoms with Gasteiger partial charge in [0.05, 0.1) is 0 Å². The molecule has 0 aromatic heterocycles. The van der Waals surface area contributed by atoms with Crippen molar-refractivity contribution < 1.29 is 14.3 Å². The normalized spacial score (nSPS) is 11.9. The van der Waals surface area contributed by atoms with Crippen molar-refractivity contribution >= 4 is 11.7 Å². The van der Waals surface area contributed by atoms with Gasteiger partial charge in [-0.3, -0.25) is 4.79 Å². The minimum atomic E-state index is -0.215. The summed E-state index contributed by atoms with van der Waals surface area (Å²) >= 11 is 0. The molecule has 0 bridgehead atoms. The molecule has 0 saturated carbocycles. The summed E-state index contributed by atoms with van der Waals surface area (Å²) in [6.45, 7) is 3.87. The second-order valence-corrected chi connectivity index (χ2v) is 3.53. The quantitative estimate of drug-likeness (QED) is 0.612. The summed E-state index contributed by atoms with van der Waals surface area (Å²) in [6.07, 6.45) is 0.216. The number of ether oxygens (including phenoxy) is 2. The van der Waals surface area contributed by atoms with Crippen molar-refractivity contribution in [1.82, 2.24) is 0 Å². The van der Waals surface area contributed by atoms with Crippen molar-refractivity contribution in [3.05, 3.63) is 24.3 Å². The predicted molar refractivity (Wildman–Crippen MR) is 62.2 cm³/mol. The lowest BCUT2D eigenvalue weighted by molar-refractivity contribution is -0.145. The molecule has 0 radical (unpaired) electrons. The summed E-state index contributed by atoms with van der Waals surface area (Å²) in [4.78, 5) is 10.9. The van der Waals surface area contributed by atoms with E-state index in [-0.39, 0.29) is 18.7 Å². The van der Waals surface area contributed by atoms with Crippen molar-refractivity contribution in [2.75, 3.05) is 12.3 Å². The Morgan fingerprint density at radius 2 is 2.00 bits per heavy atom. The first-order chi connectivity index (χ1) is 7.61. The van der Waals surface area contributed by atoms with Crippen molar-refractivity contribution in [1.29, 1.82) is 0 Å². The Kier molecular flexibility index (Phi) is 4.64. The molecule has 1 aromatic rings. The molecule has 0 heterocycles. The van der Waals surface area contributed by atoms with Gasteiger partial charge < -0.3 is 15.2 Å². The van der Waals surface area contributed by atoms with Crippen LogP contribution in [0.3, 0.4) is 0 Å².